The van der Waals surface area contributed by atoms with Crippen molar-refractivity contribution in [2.45, 2.75) is 37.8 Å². The summed E-state index contributed by atoms with van der Waals surface area (Å²) in [6, 6.07) is 0.510. The van der Waals surface area contributed by atoms with Crippen LogP contribution in [0.2, 0.25) is 0 Å². The van der Waals surface area contributed by atoms with Crippen LogP contribution in [-0.2, 0) is 9.84 Å². The summed E-state index contributed by atoms with van der Waals surface area (Å²) in [7, 11) is -2.79. The van der Waals surface area contributed by atoms with E-state index in [0.29, 0.717) is 17.5 Å². The molecule has 4 saturated heterocycles. The second-order valence-corrected chi connectivity index (χ2v) is 8.48. The van der Waals surface area contributed by atoms with Gasteiger partial charge < -0.3 is 10.2 Å². The molecule has 2 bridgehead atoms. The molecule has 17 heavy (non-hydrogen) atoms. The molecule has 4 aliphatic rings. The van der Waals surface area contributed by atoms with Crippen LogP contribution in [0.1, 0.15) is 26.2 Å². The molecule has 2 atom stereocenters. The Morgan fingerprint density at radius 1 is 1.29 bits per heavy atom. The van der Waals surface area contributed by atoms with Crippen molar-refractivity contribution in [3.63, 3.8) is 0 Å². The van der Waals surface area contributed by atoms with Gasteiger partial charge in [0, 0.05) is 18.1 Å². The summed E-state index contributed by atoms with van der Waals surface area (Å²) < 4.78 is 23.2. The Balaban J connectivity index is 1.67. The van der Waals surface area contributed by atoms with Crippen molar-refractivity contribution < 1.29 is 8.42 Å². The summed E-state index contributed by atoms with van der Waals surface area (Å²) in [5.41, 5.74) is -0.178. The van der Waals surface area contributed by atoms with E-state index >= 15 is 0 Å². The molecule has 0 spiro atoms. The van der Waals surface area contributed by atoms with Crippen LogP contribution in [0.4, 0.5) is 0 Å². The second-order valence-electron chi connectivity index (χ2n) is 6.29. The fourth-order valence-electron chi connectivity index (χ4n) is 3.70. The molecule has 98 valence electrons. The van der Waals surface area contributed by atoms with Gasteiger partial charge in [-0.2, -0.15) is 0 Å². The van der Waals surface area contributed by atoms with Gasteiger partial charge in [0.15, 0.2) is 9.84 Å². The van der Waals surface area contributed by atoms with Gasteiger partial charge in [0.1, 0.15) is 0 Å². The number of sulfone groups is 1. The molecule has 4 rings (SSSR count). The monoisotopic (exact) mass is 258 g/mol. The van der Waals surface area contributed by atoms with Gasteiger partial charge in [-0.25, -0.2) is 8.42 Å². The molecule has 4 nitrogen and oxygen atoms in total. The van der Waals surface area contributed by atoms with Gasteiger partial charge in [0.25, 0.3) is 0 Å². The number of nitrogens with zero attached hydrogens (tertiary/aromatic N) is 1. The van der Waals surface area contributed by atoms with Crippen molar-refractivity contribution in [2.24, 2.45) is 5.92 Å². The maximum atomic E-state index is 11.6. The molecule has 2 unspecified atom stereocenters. The minimum absolute atomic E-state index is 0.178. The van der Waals surface area contributed by atoms with E-state index in [9.17, 15) is 8.42 Å². The first-order valence-electron chi connectivity index (χ1n) is 6.66. The maximum Gasteiger partial charge on any atom is 0.152 e. The third-order valence-electron chi connectivity index (χ3n) is 4.69. The van der Waals surface area contributed by atoms with Crippen LogP contribution >= 0.6 is 0 Å². The normalized spacial score (nSPS) is 48.4. The first-order valence-corrected chi connectivity index (χ1v) is 8.48. The second kappa shape index (κ2) is 3.93. The zero-order valence-electron chi connectivity index (χ0n) is 10.5. The molecule has 0 amide bonds. The molecule has 0 aromatic heterocycles. The van der Waals surface area contributed by atoms with Crippen molar-refractivity contribution in [3.8, 4) is 0 Å². The molecule has 1 N–H and O–H groups in total. The summed E-state index contributed by atoms with van der Waals surface area (Å²) in [5, 5.41) is 3.66. The summed E-state index contributed by atoms with van der Waals surface area (Å²) in [5.74, 6) is 1.45. The van der Waals surface area contributed by atoms with Crippen LogP contribution in [0, 0.1) is 5.92 Å². The van der Waals surface area contributed by atoms with Gasteiger partial charge in [-0.15, -0.1) is 0 Å². The number of rotatable bonds is 2. The third-order valence-corrected chi connectivity index (χ3v) is 6.60. The van der Waals surface area contributed by atoms with Gasteiger partial charge in [0.2, 0.25) is 0 Å². The number of piperidine rings is 3. The topological polar surface area (TPSA) is 49.4 Å². The highest BCUT2D eigenvalue weighted by atomic mass is 32.2. The lowest BCUT2D eigenvalue weighted by molar-refractivity contribution is 0.0596. The van der Waals surface area contributed by atoms with Crippen LogP contribution in [0.25, 0.3) is 0 Å². The van der Waals surface area contributed by atoms with Crippen LogP contribution < -0.4 is 5.32 Å². The number of nitrogens with one attached hydrogen (secondary N) is 1. The lowest BCUT2D eigenvalue weighted by Gasteiger charge is -2.47. The molecule has 0 saturated carbocycles. The minimum atomic E-state index is -2.79. The van der Waals surface area contributed by atoms with Gasteiger partial charge in [-0.1, -0.05) is 0 Å². The fourth-order valence-corrected chi connectivity index (χ4v) is 5.80. The molecule has 4 fully saturated rings. The van der Waals surface area contributed by atoms with E-state index in [1.807, 2.05) is 0 Å². The first-order chi connectivity index (χ1) is 7.96. The lowest BCUT2D eigenvalue weighted by Crippen LogP contribution is -2.61. The maximum absolute atomic E-state index is 11.6. The van der Waals surface area contributed by atoms with Gasteiger partial charge in [0.05, 0.1) is 11.5 Å². The molecule has 5 heteroatoms. The van der Waals surface area contributed by atoms with Crippen molar-refractivity contribution >= 4 is 9.84 Å². The Bertz CT molecular complexity index is 401. The van der Waals surface area contributed by atoms with Crippen molar-refractivity contribution in [1.82, 2.24) is 10.2 Å². The molecule has 4 aliphatic heterocycles. The number of fused-ring (bicyclic) bond motifs is 3. The highest BCUT2D eigenvalue weighted by Gasteiger charge is 2.43. The predicted octanol–water partition coefficient (Wildman–Crippen LogP) is 0.247. The molecular formula is C12H22N2O2S. The number of hydrogen-bond donors (Lipinski definition) is 1. The average Bonchev–Trinajstić information content (AvgIpc) is 2.54. The minimum Gasteiger partial charge on any atom is -0.306 e. The zero-order chi connectivity index (χ0) is 12.1. The SMILES string of the molecule is CC1(NC2CN3CCC2CC3)CCS(=O)(=O)C1. The highest BCUT2D eigenvalue weighted by Crippen LogP contribution is 2.31. The third kappa shape index (κ3) is 2.37. The van der Waals surface area contributed by atoms with Crippen LogP contribution in [0.15, 0.2) is 0 Å². The van der Waals surface area contributed by atoms with Crippen LogP contribution in [0.3, 0.4) is 0 Å². The smallest absolute Gasteiger partial charge is 0.152 e. The molecule has 0 radical (unpaired) electrons. The van der Waals surface area contributed by atoms with E-state index < -0.39 is 9.84 Å². The Hall–Kier alpha value is -0.130. The fraction of sp³-hybridized carbons (Fsp3) is 1.00. The van der Waals surface area contributed by atoms with Crippen molar-refractivity contribution in [1.29, 1.82) is 0 Å². The summed E-state index contributed by atoms with van der Waals surface area (Å²) >= 11 is 0. The molecule has 0 aliphatic carbocycles. The average molecular weight is 258 g/mol. The Morgan fingerprint density at radius 3 is 2.47 bits per heavy atom. The number of hydrogen-bond acceptors (Lipinski definition) is 4. The molecule has 0 aromatic rings. The standard InChI is InChI=1S/C12H22N2O2S/c1-12(4-7-17(15,16)9-12)13-11-8-14-5-2-10(11)3-6-14/h10-11,13H,2-9H2,1H3. The molecule has 4 heterocycles. The van der Waals surface area contributed by atoms with Crippen LogP contribution in [-0.4, -0.2) is 56.0 Å². The van der Waals surface area contributed by atoms with E-state index in [2.05, 4.69) is 17.1 Å². The zero-order valence-corrected chi connectivity index (χ0v) is 11.3. The Kier molecular flexibility index (Phi) is 2.76. The van der Waals surface area contributed by atoms with Crippen LogP contribution in [0.5, 0.6) is 0 Å². The van der Waals surface area contributed by atoms with E-state index in [-0.39, 0.29) is 5.54 Å². The summed E-state index contributed by atoms with van der Waals surface area (Å²) in [4.78, 5) is 2.50. The van der Waals surface area contributed by atoms with Gasteiger partial charge in [-0.05, 0) is 45.2 Å². The molecular weight excluding hydrogens is 236 g/mol. The molecule has 0 aromatic carbocycles. The quantitative estimate of drug-likeness (QED) is 0.771. The van der Waals surface area contributed by atoms with E-state index in [1.54, 1.807) is 0 Å². The Morgan fingerprint density at radius 2 is 2.00 bits per heavy atom. The van der Waals surface area contributed by atoms with Gasteiger partial charge >= 0.3 is 0 Å². The van der Waals surface area contributed by atoms with E-state index in [0.717, 1.165) is 18.9 Å². The largest absolute Gasteiger partial charge is 0.306 e. The van der Waals surface area contributed by atoms with E-state index in [1.165, 1.54) is 25.9 Å². The van der Waals surface area contributed by atoms with E-state index in [4.69, 9.17) is 0 Å². The summed E-state index contributed by atoms with van der Waals surface area (Å²) in [6.07, 6.45) is 3.33. The highest BCUT2D eigenvalue weighted by molar-refractivity contribution is 7.91. The first kappa shape index (κ1) is 11.9. The lowest BCUT2D eigenvalue weighted by atomic mass is 9.82. The predicted molar refractivity (Wildman–Crippen MR) is 67.8 cm³/mol. The van der Waals surface area contributed by atoms with Gasteiger partial charge in [-0.3, -0.25) is 0 Å². The van der Waals surface area contributed by atoms with Crippen molar-refractivity contribution in [3.05, 3.63) is 0 Å². The van der Waals surface area contributed by atoms with Crippen molar-refractivity contribution in [2.75, 3.05) is 31.1 Å². The summed E-state index contributed by atoms with van der Waals surface area (Å²) in [6.45, 7) is 5.66. The Labute approximate surface area is 104 Å².